The van der Waals surface area contributed by atoms with Gasteiger partial charge >= 0.3 is 0 Å². The van der Waals surface area contributed by atoms with Crippen LogP contribution in [0, 0.1) is 0 Å². The second-order valence-corrected chi connectivity index (χ2v) is 5.43. The van der Waals surface area contributed by atoms with Crippen LogP contribution in [0.4, 0.5) is 5.69 Å². The number of aromatic hydroxyl groups is 1. The molecule has 0 fully saturated rings. The Kier molecular flexibility index (Phi) is 4.90. The van der Waals surface area contributed by atoms with E-state index in [1.54, 1.807) is 60.8 Å². The number of carbonyl (C=O) groups excluding carboxylic acids is 1. The predicted octanol–water partition coefficient (Wildman–Crippen LogP) is 4.38. The summed E-state index contributed by atoms with van der Waals surface area (Å²) in [5.41, 5.74) is 2.82. The number of methoxy groups -OCH3 is 1. The van der Waals surface area contributed by atoms with Crippen molar-refractivity contribution in [1.82, 2.24) is 0 Å². The smallest absolute Gasteiger partial charge is 0.193 e. The van der Waals surface area contributed by atoms with Gasteiger partial charge in [0.2, 0.25) is 0 Å². The molecule has 0 aromatic heterocycles. The molecule has 3 rings (SSSR count). The molecule has 3 aromatic rings. The molecule has 0 aliphatic heterocycles. The van der Waals surface area contributed by atoms with Crippen LogP contribution >= 0.6 is 0 Å². The molecule has 0 saturated heterocycles. The highest BCUT2D eigenvalue weighted by molar-refractivity contribution is 6.09. The lowest BCUT2D eigenvalue weighted by molar-refractivity contribution is 0.103. The van der Waals surface area contributed by atoms with Gasteiger partial charge in [0.1, 0.15) is 0 Å². The first-order valence-electron chi connectivity index (χ1n) is 7.78. The molecule has 0 heterocycles. The minimum atomic E-state index is -0.0144. The number of rotatable bonds is 5. The Balaban J connectivity index is 1.75. The maximum atomic E-state index is 12.4. The van der Waals surface area contributed by atoms with Crippen LogP contribution in [0.1, 0.15) is 21.5 Å². The lowest BCUT2D eigenvalue weighted by atomic mass is 10.0. The summed E-state index contributed by atoms with van der Waals surface area (Å²) in [6.07, 6.45) is 1.68. The van der Waals surface area contributed by atoms with E-state index >= 15 is 0 Å². The summed E-state index contributed by atoms with van der Waals surface area (Å²) in [4.78, 5) is 16.7. The molecular formula is C21H17NO3. The number of carbonyl (C=O) groups is 1. The van der Waals surface area contributed by atoms with E-state index in [2.05, 4.69) is 4.99 Å². The standard InChI is InChI=1S/C21H17NO3/c1-25-20-13-15(7-12-19(20)23)14-22-18-10-8-17(9-11-18)21(24)16-5-3-2-4-6-16/h2-14,23H,1H3. The van der Waals surface area contributed by atoms with Gasteiger partial charge in [-0.2, -0.15) is 0 Å². The quantitative estimate of drug-likeness (QED) is 0.557. The molecule has 4 nitrogen and oxygen atoms in total. The van der Waals surface area contributed by atoms with Crippen molar-refractivity contribution < 1.29 is 14.6 Å². The summed E-state index contributed by atoms with van der Waals surface area (Å²) in [5, 5.41) is 9.60. The second-order valence-electron chi connectivity index (χ2n) is 5.43. The Labute approximate surface area is 146 Å². The number of ketones is 1. The van der Waals surface area contributed by atoms with Gasteiger partial charge in [0, 0.05) is 17.3 Å². The first-order chi connectivity index (χ1) is 12.2. The average molecular weight is 331 g/mol. The van der Waals surface area contributed by atoms with E-state index in [1.807, 2.05) is 18.2 Å². The number of hydrogen-bond donors (Lipinski definition) is 1. The van der Waals surface area contributed by atoms with Crippen LogP contribution in [0.15, 0.2) is 77.8 Å². The maximum Gasteiger partial charge on any atom is 0.193 e. The lowest BCUT2D eigenvalue weighted by Gasteiger charge is -2.03. The summed E-state index contributed by atoms with van der Waals surface area (Å²) in [6, 6.07) is 21.3. The third kappa shape index (κ3) is 3.93. The number of phenolic OH excluding ortho intramolecular Hbond substituents is 1. The van der Waals surface area contributed by atoms with E-state index in [0.717, 1.165) is 11.3 Å². The van der Waals surface area contributed by atoms with Gasteiger partial charge in [0.15, 0.2) is 17.3 Å². The zero-order valence-corrected chi connectivity index (χ0v) is 13.7. The van der Waals surface area contributed by atoms with Crippen molar-refractivity contribution in [3.05, 3.63) is 89.5 Å². The van der Waals surface area contributed by atoms with Gasteiger partial charge < -0.3 is 9.84 Å². The van der Waals surface area contributed by atoms with Crippen LogP contribution in [0.5, 0.6) is 11.5 Å². The highest BCUT2D eigenvalue weighted by atomic mass is 16.5. The number of phenols is 1. The molecule has 124 valence electrons. The third-order valence-corrected chi connectivity index (χ3v) is 3.73. The SMILES string of the molecule is COc1cc(C=Nc2ccc(C(=O)c3ccccc3)cc2)ccc1O. The molecular weight excluding hydrogens is 314 g/mol. The van der Waals surface area contributed by atoms with Crippen molar-refractivity contribution in [2.24, 2.45) is 4.99 Å². The molecule has 0 spiro atoms. The molecule has 0 saturated carbocycles. The van der Waals surface area contributed by atoms with Crippen molar-refractivity contribution in [1.29, 1.82) is 0 Å². The number of ether oxygens (including phenoxy) is 1. The Morgan fingerprint density at radius 1 is 0.960 bits per heavy atom. The molecule has 0 radical (unpaired) electrons. The van der Waals surface area contributed by atoms with Gasteiger partial charge in [-0.05, 0) is 48.0 Å². The van der Waals surface area contributed by atoms with Crippen molar-refractivity contribution in [2.45, 2.75) is 0 Å². The Morgan fingerprint density at radius 2 is 1.64 bits per heavy atom. The van der Waals surface area contributed by atoms with E-state index in [4.69, 9.17) is 4.74 Å². The Bertz CT molecular complexity index is 900. The Morgan fingerprint density at radius 3 is 2.32 bits per heavy atom. The highest BCUT2D eigenvalue weighted by Crippen LogP contribution is 2.26. The fraction of sp³-hybridized carbons (Fsp3) is 0.0476. The van der Waals surface area contributed by atoms with E-state index in [-0.39, 0.29) is 11.5 Å². The first kappa shape index (κ1) is 16.5. The van der Waals surface area contributed by atoms with E-state index < -0.39 is 0 Å². The van der Waals surface area contributed by atoms with Crippen molar-refractivity contribution in [3.63, 3.8) is 0 Å². The average Bonchev–Trinajstić information content (AvgIpc) is 2.68. The van der Waals surface area contributed by atoms with Crippen LogP contribution in [0.2, 0.25) is 0 Å². The van der Waals surface area contributed by atoms with Gasteiger partial charge in [-0.25, -0.2) is 0 Å². The third-order valence-electron chi connectivity index (χ3n) is 3.73. The zero-order chi connectivity index (χ0) is 17.6. The summed E-state index contributed by atoms with van der Waals surface area (Å²) in [6.45, 7) is 0. The van der Waals surface area contributed by atoms with Crippen LogP contribution in [-0.2, 0) is 0 Å². The molecule has 25 heavy (non-hydrogen) atoms. The van der Waals surface area contributed by atoms with Crippen LogP contribution in [-0.4, -0.2) is 24.2 Å². The number of nitrogens with zero attached hydrogens (tertiary/aromatic N) is 1. The van der Waals surface area contributed by atoms with Gasteiger partial charge in [-0.1, -0.05) is 30.3 Å². The maximum absolute atomic E-state index is 12.4. The first-order valence-corrected chi connectivity index (χ1v) is 7.78. The lowest BCUT2D eigenvalue weighted by Crippen LogP contribution is -2.00. The summed E-state index contributed by atoms with van der Waals surface area (Å²) in [5.74, 6) is 0.468. The van der Waals surface area contributed by atoms with Crippen LogP contribution < -0.4 is 4.74 Å². The summed E-state index contributed by atoms with van der Waals surface area (Å²) >= 11 is 0. The summed E-state index contributed by atoms with van der Waals surface area (Å²) in [7, 11) is 1.50. The number of benzene rings is 3. The monoisotopic (exact) mass is 331 g/mol. The molecule has 0 amide bonds. The second kappa shape index (κ2) is 7.45. The number of aliphatic imine (C=N–C) groups is 1. The molecule has 1 N–H and O–H groups in total. The fourth-order valence-electron chi connectivity index (χ4n) is 2.38. The molecule has 0 atom stereocenters. The molecule has 4 heteroatoms. The molecule has 3 aromatic carbocycles. The van der Waals surface area contributed by atoms with Crippen molar-refractivity contribution in [2.75, 3.05) is 7.11 Å². The predicted molar refractivity (Wildman–Crippen MR) is 98.2 cm³/mol. The van der Waals surface area contributed by atoms with E-state index in [9.17, 15) is 9.90 Å². The highest BCUT2D eigenvalue weighted by Gasteiger charge is 2.07. The minimum Gasteiger partial charge on any atom is -0.504 e. The van der Waals surface area contributed by atoms with E-state index in [0.29, 0.717) is 16.9 Å². The van der Waals surface area contributed by atoms with Gasteiger partial charge in [-0.15, -0.1) is 0 Å². The zero-order valence-electron chi connectivity index (χ0n) is 13.7. The molecule has 0 unspecified atom stereocenters. The molecule has 0 bridgehead atoms. The minimum absolute atomic E-state index is 0.0144. The van der Waals surface area contributed by atoms with Crippen LogP contribution in [0.25, 0.3) is 0 Å². The molecule has 0 aliphatic rings. The fourth-order valence-corrected chi connectivity index (χ4v) is 2.38. The molecule has 0 aliphatic carbocycles. The number of hydrogen-bond acceptors (Lipinski definition) is 4. The van der Waals surface area contributed by atoms with E-state index in [1.165, 1.54) is 7.11 Å². The largest absolute Gasteiger partial charge is 0.504 e. The van der Waals surface area contributed by atoms with Crippen molar-refractivity contribution in [3.8, 4) is 11.5 Å². The van der Waals surface area contributed by atoms with Crippen LogP contribution in [0.3, 0.4) is 0 Å². The van der Waals surface area contributed by atoms with Crippen molar-refractivity contribution >= 4 is 17.7 Å². The van der Waals surface area contributed by atoms with Gasteiger partial charge in [0.25, 0.3) is 0 Å². The van der Waals surface area contributed by atoms with Gasteiger partial charge in [-0.3, -0.25) is 9.79 Å². The Hall–Kier alpha value is -3.40. The summed E-state index contributed by atoms with van der Waals surface area (Å²) < 4.78 is 5.07. The topological polar surface area (TPSA) is 58.9 Å². The van der Waals surface area contributed by atoms with Gasteiger partial charge in [0.05, 0.1) is 12.8 Å². The normalized spacial score (nSPS) is 10.8.